The normalized spacial score (nSPS) is 19.1. The maximum absolute atomic E-state index is 11.9. The summed E-state index contributed by atoms with van der Waals surface area (Å²) >= 11 is 0. The molecule has 0 unspecified atom stereocenters. The van der Waals surface area contributed by atoms with Gasteiger partial charge in [-0.05, 0) is 0 Å². The number of carbonyl (C=O) groups is 1. The first kappa shape index (κ1) is 8.46. The summed E-state index contributed by atoms with van der Waals surface area (Å²) < 4.78 is 1.90. The molecule has 0 fully saturated rings. The van der Waals surface area contributed by atoms with E-state index in [2.05, 4.69) is 9.98 Å². The maximum Gasteiger partial charge on any atom is 0.331 e. The molecular formula is C9H11N5O. The Bertz CT molecular complexity index is 475. The van der Waals surface area contributed by atoms with Crippen LogP contribution in [0.2, 0.25) is 0 Å². The predicted molar refractivity (Wildman–Crippen MR) is 55.1 cm³/mol. The molecule has 0 aromatic carbocycles. The second-order valence-corrected chi connectivity index (χ2v) is 3.73. The van der Waals surface area contributed by atoms with E-state index in [1.807, 2.05) is 11.6 Å². The van der Waals surface area contributed by atoms with Gasteiger partial charge in [0.15, 0.2) is 11.7 Å². The third-order valence-corrected chi connectivity index (χ3v) is 2.81. The van der Waals surface area contributed by atoms with Crippen molar-refractivity contribution in [2.45, 2.75) is 0 Å². The van der Waals surface area contributed by atoms with Crippen molar-refractivity contribution in [3.63, 3.8) is 0 Å². The van der Waals surface area contributed by atoms with Gasteiger partial charge in [-0.25, -0.2) is 9.78 Å². The Morgan fingerprint density at radius 2 is 2.20 bits per heavy atom. The van der Waals surface area contributed by atoms with Crippen LogP contribution in [0, 0.1) is 0 Å². The molecule has 0 saturated carbocycles. The molecule has 0 bridgehead atoms. The molecular weight excluding hydrogens is 194 g/mol. The van der Waals surface area contributed by atoms with Crippen molar-refractivity contribution in [1.82, 2.24) is 14.5 Å². The first-order valence-electron chi connectivity index (χ1n) is 4.81. The Balaban J connectivity index is 2.26. The van der Waals surface area contributed by atoms with Gasteiger partial charge in [-0.1, -0.05) is 0 Å². The standard InChI is InChI=1S/C9H11N5O/c1-12-5-11-7-6(12)8-10-3-4-14(8)9(15)13(7)2/h5H,3-4H2,1-2H3. The quantitative estimate of drug-likeness (QED) is 0.601. The highest BCUT2D eigenvalue weighted by atomic mass is 16.2. The zero-order valence-electron chi connectivity index (χ0n) is 8.64. The van der Waals surface area contributed by atoms with Gasteiger partial charge >= 0.3 is 6.03 Å². The first-order chi connectivity index (χ1) is 7.20. The average molecular weight is 205 g/mol. The van der Waals surface area contributed by atoms with Crippen LogP contribution < -0.4 is 4.90 Å². The van der Waals surface area contributed by atoms with Crippen molar-refractivity contribution in [3.05, 3.63) is 12.0 Å². The van der Waals surface area contributed by atoms with E-state index in [0.29, 0.717) is 18.9 Å². The second-order valence-electron chi connectivity index (χ2n) is 3.73. The van der Waals surface area contributed by atoms with Crippen LogP contribution in [0.3, 0.4) is 0 Å². The van der Waals surface area contributed by atoms with Crippen LogP contribution in [-0.2, 0) is 7.05 Å². The van der Waals surface area contributed by atoms with Gasteiger partial charge in [0.05, 0.1) is 12.9 Å². The summed E-state index contributed by atoms with van der Waals surface area (Å²) in [6.07, 6.45) is 1.71. The lowest BCUT2D eigenvalue weighted by atomic mass is 10.3. The van der Waals surface area contributed by atoms with Crippen molar-refractivity contribution < 1.29 is 4.79 Å². The number of nitrogens with zero attached hydrogens (tertiary/aromatic N) is 5. The highest BCUT2D eigenvalue weighted by molar-refractivity contribution is 6.18. The largest absolute Gasteiger partial charge is 0.331 e. The minimum absolute atomic E-state index is 0.0440. The van der Waals surface area contributed by atoms with Gasteiger partial charge in [0.2, 0.25) is 0 Å². The van der Waals surface area contributed by atoms with Gasteiger partial charge in [-0.15, -0.1) is 0 Å². The van der Waals surface area contributed by atoms with Crippen LogP contribution in [0.4, 0.5) is 10.6 Å². The number of carbonyl (C=O) groups excluding carboxylic acids is 1. The summed E-state index contributed by atoms with van der Waals surface area (Å²) in [5, 5.41) is 0. The molecule has 0 spiro atoms. The summed E-state index contributed by atoms with van der Waals surface area (Å²) in [7, 11) is 3.65. The lowest BCUT2D eigenvalue weighted by Crippen LogP contribution is -2.48. The summed E-state index contributed by atoms with van der Waals surface area (Å²) in [5.41, 5.74) is 0.926. The van der Waals surface area contributed by atoms with Crippen molar-refractivity contribution in [3.8, 4) is 0 Å². The predicted octanol–water partition coefficient (Wildman–Crippen LogP) is 0.0521. The van der Waals surface area contributed by atoms with E-state index in [1.54, 1.807) is 23.2 Å². The van der Waals surface area contributed by atoms with E-state index in [1.165, 1.54) is 0 Å². The van der Waals surface area contributed by atoms with E-state index in [-0.39, 0.29) is 6.03 Å². The molecule has 1 aromatic rings. The molecule has 3 rings (SSSR count). The minimum Gasteiger partial charge on any atom is -0.329 e. The lowest BCUT2D eigenvalue weighted by molar-refractivity contribution is 0.230. The SMILES string of the molecule is CN1C(=O)N2CCN=C2c2c1ncn2C. The smallest absolute Gasteiger partial charge is 0.329 e. The highest BCUT2D eigenvalue weighted by Gasteiger charge is 2.38. The molecule has 3 heterocycles. The average Bonchev–Trinajstić information content (AvgIpc) is 2.80. The number of anilines is 1. The number of imidazole rings is 1. The molecule has 2 amide bonds. The molecule has 2 aliphatic rings. The number of aryl methyl sites for hydroxylation is 1. The van der Waals surface area contributed by atoms with Crippen LogP contribution in [0.25, 0.3) is 0 Å². The fourth-order valence-corrected chi connectivity index (χ4v) is 2.03. The zero-order valence-corrected chi connectivity index (χ0v) is 8.64. The zero-order chi connectivity index (χ0) is 10.6. The van der Waals surface area contributed by atoms with Crippen molar-refractivity contribution in [1.29, 1.82) is 0 Å². The van der Waals surface area contributed by atoms with E-state index in [0.717, 1.165) is 11.5 Å². The number of amidine groups is 1. The van der Waals surface area contributed by atoms with Crippen molar-refractivity contribution in [2.24, 2.45) is 12.0 Å². The van der Waals surface area contributed by atoms with Gasteiger partial charge in [0, 0.05) is 20.6 Å². The summed E-state index contributed by atoms with van der Waals surface area (Å²) in [4.78, 5) is 23.7. The molecule has 0 atom stereocenters. The van der Waals surface area contributed by atoms with E-state index < -0.39 is 0 Å². The van der Waals surface area contributed by atoms with Crippen LogP contribution in [0.1, 0.15) is 5.69 Å². The topological polar surface area (TPSA) is 53.7 Å². The number of fused-ring (bicyclic) bond motifs is 3. The summed E-state index contributed by atoms with van der Waals surface area (Å²) in [5.74, 6) is 1.45. The van der Waals surface area contributed by atoms with E-state index >= 15 is 0 Å². The van der Waals surface area contributed by atoms with E-state index in [9.17, 15) is 4.79 Å². The fourth-order valence-electron chi connectivity index (χ4n) is 2.03. The van der Waals surface area contributed by atoms with Gasteiger partial charge in [-0.3, -0.25) is 14.8 Å². The molecule has 6 heteroatoms. The second kappa shape index (κ2) is 2.59. The summed E-state index contributed by atoms with van der Waals surface area (Å²) in [6, 6.07) is -0.0440. The Hall–Kier alpha value is -1.85. The number of amides is 2. The minimum atomic E-state index is -0.0440. The van der Waals surface area contributed by atoms with Crippen LogP contribution >= 0.6 is 0 Å². The number of aromatic nitrogens is 2. The Morgan fingerprint density at radius 1 is 1.40 bits per heavy atom. The van der Waals surface area contributed by atoms with Gasteiger partial charge < -0.3 is 4.57 Å². The third kappa shape index (κ3) is 0.907. The number of hydrogen-bond donors (Lipinski definition) is 0. The van der Waals surface area contributed by atoms with Crippen LogP contribution in [0.15, 0.2) is 11.3 Å². The molecule has 0 aliphatic carbocycles. The number of aliphatic imine (C=N–C) groups is 1. The van der Waals surface area contributed by atoms with Crippen LogP contribution in [0.5, 0.6) is 0 Å². The summed E-state index contributed by atoms with van der Waals surface area (Å²) in [6.45, 7) is 1.35. The fraction of sp³-hybridized carbons (Fsp3) is 0.444. The van der Waals surface area contributed by atoms with Gasteiger partial charge in [-0.2, -0.15) is 0 Å². The highest BCUT2D eigenvalue weighted by Crippen LogP contribution is 2.27. The van der Waals surface area contributed by atoms with Gasteiger partial charge in [0.1, 0.15) is 5.69 Å². The molecule has 1 aromatic heterocycles. The molecule has 0 saturated heterocycles. The molecule has 0 radical (unpaired) electrons. The van der Waals surface area contributed by atoms with Crippen molar-refractivity contribution >= 4 is 17.7 Å². The number of hydrogen-bond acceptors (Lipinski definition) is 3. The Kier molecular flexibility index (Phi) is 1.46. The Morgan fingerprint density at radius 3 is 3.00 bits per heavy atom. The lowest BCUT2D eigenvalue weighted by Gasteiger charge is -2.30. The number of urea groups is 1. The Labute approximate surface area is 86.8 Å². The molecule has 6 nitrogen and oxygen atoms in total. The first-order valence-corrected chi connectivity index (χ1v) is 4.81. The van der Waals surface area contributed by atoms with Gasteiger partial charge in [0.25, 0.3) is 0 Å². The molecule has 15 heavy (non-hydrogen) atoms. The van der Waals surface area contributed by atoms with Crippen LogP contribution in [-0.4, -0.2) is 46.5 Å². The third-order valence-electron chi connectivity index (χ3n) is 2.81. The molecule has 78 valence electrons. The van der Waals surface area contributed by atoms with E-state index in [4.69, 9.17) is 0 Å². The number of rotatable bonds is 0. The monoisotopic (exact) mass is 205 g/mol. The maximum atomic E-state index is 11.9. The molecule has 2 aliphatic heterocycles. The molecule has 0 N–H and O–H groups in total. The van der Waals surface area contributed by atoms with Crippen molar-refractivity contribution in [2.75, 3.05) is 25.0 Å².